The molecule has 98 valence electrons. The Kier molecular flexibility index (Phi) is 4.24. The first-order valence-electron chi connectivity index (χ1n) is 6.78. The van der Waals surface area contributed by atoms with Crippen LogP contribution < -0.4 is 5.32 Å². The second-order valence-corrected chi connectivity index (χ2v) is 4.80. The highest BCUT2D eigenvalue weighted by molar-refractivity contribution is 5.90. The van der Waals surface area contributed by atoms with Crippen molar-refractivity contribution in [3.05, 3.63) is 29.8 Å². The molecule has 0 aromatic heterocycles. The average molecular weight is 247 g/mol. The highest BCUT2D eigenvalue weighted by Gasteiger charge is 2.29. The van der Waals surface area contributed by atoms with E-state index in [-0.39, 0.29) is 5.97 Å². The summed E-state index contributed by atoms with van der Waals surface area (Å²) >= 11 is 0. The molecule has 3 nitrogen and oxygen atoms in total. The Labute approximate surface area is 109 Å². The van der Waals surface area contributed by atoms with Gasteiger partial charge in [0.25, 0.3) is 0 Å². The number of nitrogens with one attached hydrogen (secondary N) is 1. The van der Waals surface area contributed by atoms with Crippen molar-refractivity contribution in [1.82, 2.24) is 0 Å². The zero-order valence-corrected chi connectivity index (χ0v) is 11.1. The van der Waals surface area contributed by atoms with E-state index in [2.05, 4.69) is 12.2 Å². The van der Waals surface area contributed by atoms with E-state index in [0.29, 0.717) is 18.2 Å². The second kappa shape index (κ2) is 5.89. The molecule has 1 aliphatic carbocycles. The summed E-state index contributed by atoms with van der Waals surface area (Å²) in [6.07, 6.45) is 3.76. The quantitative estimate of drug-likeness (QED) is 0.782. The van der Waals surface area contributed by atoms with E-state index in [9.17, 15) is 4.79 Å². The summed E-state index contributed by atoms with van der Waals surface area (Å²) < 4.78 is 5.01. The molecule has 3 heteroatoms. The first-order chi connectivity index (χ1) is 8.74. The Morgan fingerprint density at radius 3 is 2.83 bits per heavy atom. The van der Waals surface area contributed by atoms with Gasteiger partial charge in [0.2, 0.25) is 0 Å². The van der Waals surface area contributed by atoms with Gasteiger partial charge in [-0.1, -0.05) is 13.0 Å². The van der Waals surface area contributed by atoms with Crippen molar-refractivity contribution in [1.29, 1.82) is 0 Å². The Morgan fingerprint density at radius 2 is 2.22 bits per heavy atom. The third-order valence-electron chi connectivity index (χ3n) is 3.36. The van der Waals surface area contributed by atoms with Crippen LogP contribution in [0.3, 0.4) is 0 Å². The highest BCUT2D eigenvalue weighted by atomic mass is 16.5. The van der Waals surface area contributed by atoms with Gasteiger partial charge in [0.1, 0.15) is 0 Å². The van der Waals surface area contributed by atoms with E-state index in [1.165, 1.54) is 12.8 Å². The summed E-state index contributed by atoms with van der Waals surface area (Å²) in [5.74, 6) is 0.557. The van der Waals surface area contributed by atoms with Gasteiger partial charge in [-0.15, -0.1) is 0 Å². The fourth-order valence-corrected chi connectivity index (χ4v) is 2.22. The van der Waals surface area contributed by atoms with Crippen molar-refractivity contribution in [2.45, 2.75) is 39.2 Å². The summed E-state index contributed by atoms with van der Waals surface area (Å²) in [4.78, 5) is 11.6. The van der Waals surface area contributed by atoms with Crippen LogP contribution in [0.15, 0.2) is 24.3 Å². The Hall–Kier alpha value is -1.51. The lowest BCUT2D eigenvalue weighted by Crippen LogP contribution is -2.20. The molecule has 2 rings (SSSR count). The molecule has 1 atom stereocenters. The van der Waals surface area contributed by atoms with E-state index in [4.69, 9.17) is 4.74 Å². The molecule has 1 aromatic rings. The number of carbonyl (C=O) groups excluding carboxylic acids is 1. The van der Waals surface area contributed by atoms with Crippen molar-refractivity contribution >= 4 is 11.7 Å². The molecule has 0 bridgehead atoms. The Morgan fingerprint density at radius 1 is 1.44 bits per heavy atom. The average Bonchev–Trinajstić information content (AvgIpc) is 3.21. The number of ether oxygens (including phenoxy) is 1. The van der Waals surface area contributed by atoms with Gasteiger partial charge in [-0.2, -0.15) is 0 Å². The van der Waals surface area contributed by atoms with Gasteiger partial charge in [-0.05, 0) is 50.3 Å². The maximum atomic E-state index is 11.6. The largest absolute Gasteiger partial charge is 0.462 e. The van der Waals surface area contributed by atoms with Crippen molar-refractivity contribution in [3.8, 4) is 0 Å². The lowest BCUT2D eigenvalue weighted by atomic mass is 10.1. The highest BCUT2D eigenvalue weighted by Crippen LogP contribution is 2.35. The van der Waals surface area contributed by atoms with Crippen LogP contribution in [-0.2, 0) is 4.74 Å². The lowest BCUT2D eigenvalue weighted by molar-refractivity contribution is 0.0526. The van der Waals surface area contributed by atoms with Crippen LogP contribution in [0.1, 0.15) is 43.5 Å². The normalized spacial score (nSPS) is 16.1. The van der Waals surface area contributed by atoms with Gasteiger partial charge < -0.3 is 10.1 Å². The van der Waals surface area contributed by atoms with Gasteiger partial charge in [0, 0.05) is 11.7 Å². The smallest absolute Gasteiger partial charge is 0.338 e. The Bertz CT molecular complexity index is 413. The minimum atomic E-state index is -0.249. The zero-order chi connectivity index (χ0) is 13.0. The lowest BCUT2D eigenvalue weighted by Gasteiger charge is -2.18. The first-order valence-corrected chi connectivity index (χ1v) is 6.78. The second-order valence-electron chi connectivity index (χ2n) is 4.80. The molecule has 0 saturated heterocycles. The van der Waals surface area contributed by atoms with E-state index in [0.717, 1.165) is 18.0 Å². The molecule has 1 saturated carbocycles. The minimum Gasteiger partial charge on any atom is -0.462 e. The van der Waals surface area contributed by atoms with E-state index < -0.39 is 0 Å². The van der Waals surface area contributed by atoms with Crippen molar-refractivity contribution < 1.29 is 9.53 Å². The van der Waals surface area contributed by atoms with Gasteiger partial charge in [0.05, 0.1) is 12.2 Å². The third-order valence-corrected chi connectivity index (χ3v) is 3.36. The fourth-order valence-electron chi connectivity index (χ4n) is 2.22. The molecule has 1 fully saturated rings. The van der Waals surface area contributed by atoms with E-state index in [1.807, 2.05) is 25.1 Å². The first kappa shape index (κ1) is 12.9. The van der Waals surface area contributed by atoms with Crippen molar-refractivity contribution in [2.75, 3.05) is 11.9 Å². The van der Waals surface area contributed by atoms with Gasteiger partial charge in [0.15, 0.2) is 0 Å². The topological polar surface area (TPSA) is 38.3 Å². The summed E-state index contributed by atoms with van der Waals surface area (Å²) in [6.45, 7) is 4.43. The molecule has 1 N–H and O–H groups in total. The zero-order valence-electron chi connectivity index (χ0n) is 11.1. The van der Waals surface area contributed by atoms with Crippen LogP contribution in [0.25, 0.3) is 0 Å². The number of carbonyl (C=O) groups is 1. The van der Waals surface area contributed by atoms with E-state index in [1.54, 1.807) is 6.07 Å². The fraction of sp³-hybridized carbons (Fsp3) is 0.533. The van der Waals surface area contributed by atoms with Crippen LogP contribution in [0, 0.1) is 5.92 Å². The maximum absolute atomic E-state index is 11.6. The van der Waals surface area contributed by atoms with Crippen LogP contribution in [0.2, 0.25) is 0 Å². The van der Waals surface area contributed by atoms with Crippen LogP contribution in [-0.4, -0.2) is 18.6 Å². The molecular weight excluding hydrogens is 226 g/mol. The van der Waals surface area contributed by atoms with Gasteiger partial charge in [-0.3, -0.25) is 0 Å². The van der Waals surface area contributed by atoms with Gasteiger partial charge in [-0.25, -0.2) is 4.79 Å². The molecule has 0 spiro atoms. The Balaban J connectivity index is 2.04. The van der Waals surface area contributed by atoms with Crippen LogP contribution in [0.4, 0.5) is 5.69 Å². The molecule has 1 aromatic carbocycles. The number of anilines is 1. The monoisotopic (exact) mass is 247 g/mol. The van der Waals surface area contributed by atoms with Crippen LogP contribution >= 0.6 is 0 Å². The molecule has 1 aliphatic rings. The molecule has 0 aliphatic heterocycles. The molecule has 18 heavy (non-hydrogen) atoms. The molecule has 0 radical (unpaired) electrons. The van der Waals surface area contributed by atoms with Crippen molar-refractivity contribution in [3.63, 3.8) is 0 Å². The summed E-state index contributed by atoms with van der Waals surface area (Å²) in [5, 5.41) is 3.52. The number of benzene rings is 1. The number of hydrogen-bond donors (Lipinski definition) is 1. The molecule has 0 heterocycles. The molecule has 1 unspecified atom stereocenters. The predicted octanol–water partition coefficient (Wildman–Crippen LogP) is 3.46. The standard InChI is InChI=1S/C15H21NO2/c1-3-14(11-8-9-11)16-13-7-5-6-12(10-13)15(17)18-4-2/h5-7,10-11,14,16H,3-4,8-9H2,1-2H3. The number of hydrogen-bond acceptors (Lipinski definition) is 3. The van der Waals surface area contributed by atoms with Crippen molar-refractivity contribution in [2.24, 2.45) is 5.92 Å². The SMILES string of the molecule is CCOC(=O)c1cccc(NC(CC)C2CC2)c1. The number of esters is 1. The third kappa shape index (κ3) is 3.25. The predicted molar refractivity (Wildman–Crippen MR) is 72.8 cm³/mol. The summed E-state index contributed by atoms with van der Waals surface area (Å²) in [7, 11) is 0. The maximum Gasteiger partial charge on any atom is 0.338 e. The molecular formula is C15H21NO2. The minimum absolute atomic E-state index is 0.249. The summed E-state index contributed by atoms with van der Waals surface area (Å²) in [6, 6.07) is 8.11. The summed E-state index contributed by atoms with van der Waals surface area (Å²) in [5.41, 5.74) is 1.63. The van der Waals surface area contributed by atoms with E-state index >= 15 is 0 Å². The molecule has 0 amide bonds. The van der Waals surface area contributed by atoms with Crippen LogP contribution in [0.5, 0.6) is 0 Å². The van der Waals surface area contributed by atoms with Gasteiger partial charge >= 0.3 is 5.97 Å². The number of rotatable bonds is 6.